The number of ketones is 1. The molecule has 6 heteroatoms. The number of hydrogen-bond acceptors (Lipinski definition) is 4. The van der Waals surface area contributed by atoms with Gasteiger partial charge in [0.25, 0.3) is 5.69 Å². The fraction of sp³-hybridized carbons (Fsp3) is 0.0714. The van der Waals surface area contributed by atoms with Crippen LogP contribution in [-0.4, -0.2) is 16.5 Å². The Bertz CT molecular complexity index is 643. The highest BCUT2D eigenvalue weighted by molar-refractivity contribution is 14.1. The van der Waals surface area contributed by atoms with Crippen molar-refractivity contribution in [1.29, 1.82) is 0 Å². The number of thioether (sulfide) groups is 1. The molecule has 0 spiro atoms. The third-order valence-electron chi connectivity index (χ3n) is 2.59. The summed E-state index contributed by atoms with van der Waals surface area (Å²) in [6.45, 7) is 0. The van der Waals surface area contributed by atoms with E-state index in [-0.39, 0.29) is 17.2 Å². The van der Waals surface area contributed by atoms with E-state index in [0.717, 1.165) is 3.57 Å². The van der Waals surface area contributed by atoms with Crippen molar-refractivity contribution in [3.8, 4) is 0 Å². The van der Waals surface area contributed by atoms with E-state index in [1.807, 2.05) is 12.1 Å². The van der Waals surface area contributed by atoms with Gasteiger partial charge in [-0.05, 0) is 40.8 Å². The highest BCUT2D eigenvalue weighted by Gasteiger charge is 2.14. The SMILES string of the molecule is O=C(CSc1ccccc1[N+](=O)[O-])c1ccc(I)cc1. The van der Waals surface area contributed by atoms with Crippen molar-refractivity contribution in [3.63, 3.8) is 0 Å². The molecule has 4 nitrogen and oxygen atoms in total. The summed E-state index contributed by atoms with van der Waals surface area (Å²) in [5, 5.41) is 10.9. The largest absolute Gasteiger partial charge is 0.293 e. The molecule has 20 heavy (non-hydrogen) atoms. The number of benzene rings is 2. The van der Waals surface area contributed by atoms with E-state index in [1.165, 1.54) is 17.8 Å². The number of nitro groups is 1. The predicted molar refractivity (Wildman–Crippen MR) is 87.3 cm³/mol. The fourth-order valence-electron chi connectivity index (χ4n) is 1.59. The van der Waals surface area contributed by atoms with Crippen LogP contribution in [0.25, 0.3) is 0 Å². The van der Waals surface area contributed by atoms with Crippen LogP contribution in [0, 0.1) is 13.7 Å². The number of nitrogens with zero attached hydrogens (tertiary/aromatic N) is 1. The molecule has 0 heterocycles. The molecule has 0 aliphatic heterocycles. The van der Waals surface area contributed by atoms with Gasteiger partial charge >= 0.3 is 0 Å². The molecule has 0 N–H and O–H groups in total. The lowest BCUT2D eigenvalue weighted by molar-refractivity contribution is -0.387. The Kier molecular flexibility index (Phi) is 5.13. The monoisotopic (exact) mass is 399 g/mol. The Balaban J connectivity index is 2.07. The van der Waals surface area contributed by atoms with Crippen LogP contribution < -0.4 is 0 Å². The van der Waals surface area contributed by atoms with Crippen molar-refractivity contribution < 1.29 is 9.72 Å². The first-order valence-corrected chi connectivity index (χ1v) is 7.79. The first-order chi connectivity index (χ1) is 9.58. The van der Waals surface area contributed by atoms with E-state index in [0.29, 0.717) is 10.5 Å². The van der Waals surface area contributed by atoms with Crippen LogP contribution in [0.5, 0.6) is 0 Å². The second-order valence-electron chi connectivity index (χ2n) is 3.94. The van der Waals surface area contributed by atoms with Crippen molar-refractivity contribution in [2.45, 2.75) is 4.90 Å². The van der Waals surface area contributed by atoms with Gasteiger partial charge in [0, 0.05) is 15.2 Å². The summed E-state index contributed by atoms with van der Waals surface area (Å²) in [6, 6.07) is 13.7. The van der Waals surface area contributed by atoms with Gasteiger partial charge in [-0.15, -0.1) is 11.8 Å². The third kappa shape index (κ3) is 3.80. The number of nitro benzene ring substituents is 1. The van der Waals surface area contributed by atoms with Gasteiger partial charge in [0.15, 0.2) is 5.78 Å². The number of Topliss-reactive ketones (excluding diaryl/α,β-unsaturated/α-hetero) is 1. The number of hydrogen-bond donors (Lipinski definition) is 0. The second-order valence-corrected chi connectivity index (χ2v) is 6.21. The lowest BCUT2D eigenvalue weighted by Crippen LogP contribution is -2.02. The summed E-state index contributed by atoms with van der Waals surface area (Å²) in [7, 11) is 0. The van der Waals surface area contributed by atoms with E-state index in [2.05, 4.69) is 22.6 Å². The summed E-state index contributed by atoms with van der Waals surface area (Å²) in [4.78, 5) is 23.0. The normalized spacial score (nSPS) is 10.2. The van der Waals surface area contributed by atoms with Gasteiger partial charge in [0.05, 0.1) is 15.6 Å². The van der Waals surface area contributed by atoms with E-state index in [9.17, 15) is 14.9 Å². The molecule has 2 aromatic carbocycles. The summed E-state index contributed by atoms with van der Waals surface area (Å²) >= 11 is 3.36. The Morgan fingerprint density at radius 2 is 1.80 bits per heavy atom. The van der Waals surface area contributed by atoms with Crippen LogP contribution in [0.1, 0.15) is 10.4 Å². The molecule has 0 unspecified atom stereocenters. The molecule has 2 rings (SSSR count). The minimum Gasteiger partial charge on any atom is -0.293 e. The maximum Gasteiger partial charge on any atom is 0.282 e. The number of carbonyl (C=O) groups is 1. The Morgan fingerprint density at radius 1 is 1.15 bits per heavy atom. The number of para-hydroxylation sites is 1. The van der Waals surface area contributed by atoms with E-state index < -0.39 is 4.92 Å². The van der Waals surface area contributed by atoms with Crippen LogP contribution >= 0.6 is 34.4 Å². The molecule has 0 saturated carbocycles. The van der Waals surface area contributed by atoms with E-state index >= 15 is 0 Å². The molecule has 102 valence electrons. The smallest absolute Gasteiger partial charge is 0.282 e. The summed E-state index contributed by atoms with van der Waals surface area (Å²) in [5.41, 5.74) is 0.657. The lowest BCUT2D eigenvalue weighted by atomic mass is 10.2. The van der Waals surface area contributed by atoms with Crippen LogP contribution in [0.3, 0.4) is 0 Å². The van der Waals surface area contributed by atoms with Crippen molar-refractivity contribution in [2.24, 2.45) is 0 Å². The highest BCUT2D eigenvalue weighted by Crippen LogP contribution is 2.29. The van der Waals surface area contributed by atoms with Gasteiger partial charge in [0.2, 0.25) is 0 Å². The first-order valence-electron chi connectivity index (χ1n) is 5.73. The minimum absolute atomic E-state index is 0.0351. The summed E-state index contributed by atoms with van der Waals surface area (Å²) in [5.74, 6) is 0.149. The van der Waals surface area contributed by atoms with Crippen molar-refractivity contribution in [2.75, 3.05) is 5.75 Å². The lowest BCUT2D eigenvalue weighted by Gasteiger charge is -2.03. The zero-order chi connectivity index (χ0) is 14.5. The van der Waals surface area contributed by atoms with Gasteiger partial charge in [-0.3, -0.25) is 14.9 Å². The minimum atomic E-state index is -0.433. The van der Waals surface area contributed by atoms with Gasteiger partial charge < -0.3 is 0 Å². The third-order valence-corrected chi connectivity index (χ3v) is 4.37. The Labute approximate surface area is 133 Å². The van der Waals surface area contributed by atoms with Gasteiger partial charge in [0.1, 0.15) is 0 Å². The Morgan fingerprint density at radius 3 is 2.45 bits per heavy atom. The molecular weight excluding hydrogens is 389 g/mol. The van der Waals surface area contributed by atoms with Gasteiger partial charge in [-0.25, -0.2) is 0 Å². The molecule has 0 aromatic heterocycles. The maximum atomic E-state index is 12.0. The quantitative estimate of drug-likeness (QED) is 0.249. The average Bonchev–Trinajstić information content (AvgIpc) is 2.45. The van der Waals surface area contributed by atoms with Crippen LogP contribution in [0.4, 0.5) is 5.69 Å². The fourth-order valence-corrected chi connectivity index (χ4v) is 2.87. The molecule has 0 aliphatic rings. The molecule has 0 amide bonds. The first kappa shape index (κ1) is 15.0. The second kappa shape index (κ2) is 6.85. The molecule has 0 radical (unpaired) electrons. The van der Waals surface area contributed by atoms with Gasteiger partial charge in [-0.1, -0.05) is 24.3 Å². The zero-order valence-corrected chi connectivity index (χ0v) is 13.3. The number of rotatable bonds is 5. The number of halogens is 1. The van der Waals surface area contributed by atoms with Crippen molar-refractivity contribution >= 4 is 45.8 Å². The number of carbonyl (C=O) groups excluding carboxylic acids is 1. The molecule has 0 fully saturated rings. The van der Waals surface area contributed by atoms with Gasteiger partial charge in [-0.2, -0.15) is 0 Å². The predicted octanol–water partition coefficient (Wildman–Crippen LogP) is 4.17. The maximum absolute atomic E-state index is 12.0. The van der Waals surface area contributed by atoms with E-state index in [4.69, 9.17) is 0 Å². The van der Waals surface area contributed by atoms with Crippen LogP contribution in [-0.2, 0) is 0 Å². The molecule has 0 bridgehead atoms. The van der Waals surface area contributed by atoms with Crippen LogP contribution in [0.2, 0.25) is 0 Å². The zero-order valence-electron chi connectivity index (χ0n) is 10.3. The van der Waals surface area contributed by atoms with Crippen molar-refractivity contribution in [3.05, 3.63) is 67.8 Å². The Hall–Kier alpha value is -1.41. The summed E-state index contributed by atoms with van der Waals surface area (Å²) in [6.07, 6.45) is 0. The molecule has 0 aliphatic carbocycles. The molecule has 0 saturated heterocycles. The van der Waals surface area contributed by atoms with Crippen molar-refractivity contribution in [1.82, 2.24) is 0 Å². The summed E-state index contributed by atoms with van der Waals surface area (Å²) < 4.78 is 1.06. The topological polar surface area (TPSA) is 60.2 Å². The van der Waals surface area contributed by atoms with E-state index in [1.54, 1.807) is 30.3 Å². The molecule has 0 atom stereocenters. The molecular formula is C14H10INO3S. The van der Waals surface area contributed by atoms with Crippen LogP contribution in [0.15, 0.2) is 53.4 Å². The average molecular weight is 399 g/mol. The standard InChI is InChI=1S/C14H10INO3S/c15-11-7-5-10(6-8-11)13(17)9-20-14-4-2-1-3-12(14)16(18)19/h1-8H,9H2. The highest BCUT2D eigenvalue weighted by atomic mass is 127. The molecule has 2 aromatic rings.